The third-order valence-electron chi connectivity index (χ3n) is 5.03. The molecule has 0 fully saturated rings. The van der Waals surface area contributed by atoms with Gasteiger partial charge in [0.1, 0.15) is 0 Å². The van der Waals surface area contributed by atoms with Crippen LogP contribution in [0.1, 0.15) is 11.1 Å². The van der Waals surface area contributed by atoms with Crippen molar-refractivity contribution in [2.24, 2.45) is 0 Å². The second-order valence-corrected chi connectivity index (χ2v) is 9.43. The Morgan fingerprint density at radius 2 is 1.22 bits per heavy atom. The van der Waals surface area contributed by atoms with Crippen molar-refractivity contribution in [3.05, 3.63) is 82.6 Å². The average molecular weight is 400 g/mol. The van der Waals surface area contributed by atoms with Gasteiger partial charge in [-0.05, 0) is 63.5 Å². The number of hydrogen-bond donors (Lipinski definition) is 0. The molecule has 0 atom stereocenters. The first-order valence-corrected chi connectivity index (χ1v) is 11.9. The summed E-state index contributed by atoms with van der Waals surface area (Å²) in [6, 6.07) is 22.5. The van der Waals surface area contributed by atoms with E-state index in [0.717, 1.165) is 0 Å². The van der Waals surface area contributed by atoms with Crippen LogP contribution in [0.4, 0.5) is 0 Å². The monoisotopic (exact) mass is 400 g/mol. The van der Waals surface area contributed by atoms with Gasteiger partial charge in [0.2, 0.25) is 0 Å². The molecule has 0 nitrogen and oxygen atoms in total. The summed E-state index contributed by atoms with van der Waals surface area (Å²) in [7, 11) is 0. The number of thiophene rings is 2. The first-order chi connectivity index (χ1) is 13.3. The summed E-state index contributed by atoms with van der Waals surface area (Å²) in [4.78, 5) is 2.65. The molecule has 0 N–H and O–H groups in total. The summed E-state index contributed by atoms with van der Waals surface area (Å²) in [5.41, 5.74) is 8.07. The number of hydrogen-bond acceptors (Lipinski definition) is 3. The number of benzene rings is 2. The highest BCUT2D eigenvalue weighted by molar-refractivity contribution is 8.27. The molecule has 0 aliphatic carbocycles. The lowest BCUT2D eigenvalue weighted by atomic mass is 9.59. The van der Waals surface area contributed by atoms with Gasteiger partial charge in [-0.2, -0.15) is 0 Å². The molecule has 1 aliphatic heterocycles. The van der Waals surface area contributed by atoms with Crippen molar-refractivity contribution in [2.75, 3.05) is 6.26 Å². The van der Waals surface area contributed by atoms with Crippen molar-refractivity contribution < 1.29 is 0 Å². The fourth-order valence-corrected chi connectivity index (χ4v) is 6.09. The first-order valence-electron chi connectivity index (χ1n) is 8.90. The molecule has 0 amide bonds. The molecule has 0 bridgehead atoms. The zero-order valence-corrected chi connectivity index (χ0v) is 17.3. The molecule has 0 saturated carbocycles. The highest BCUT2D eigenvalue weighted by atomic mass is 32.2. The molecule has 3 heterocycles. The third kappa shape index (κ3) is 3.12. The Balaban J connectivity index is 1.63. The minimum atomic E-state index is 0.361. The predicted molar refractivity (Wildman–Crippen MR) is 127 cm³/mol. The van der Waals surface area contributed by atoms with Crippen LogP contribution in [0, 0.1) is 0 Å². The lowest BCUT2D eigenvalue weighted by Crippen LogP contribution is -2.41. The van der Waals surface area contributed by atoms with Crippen LogP contribution in [-0.4, -0.2) is 12.2 Å². The van der Waals surface area contributed by atoms with Crippen LogP contribution in [0.25, 0.3) is 33.0 Å². The zero-order valence-electron chi connectivity index (χ0n) is 14.9. The van der Waals surface area contributed by atoms with E-state index >= 15 is 0 Å². The Morgan fingerprint density at radius 3 is 1.63 bits per heavy atom. The first kappa shape index (κ1) is 17.1. The molecule has 27 heavy (non-hydrogen) atoms. The van der Waals surface area contributed by atoms with Crippen molar-refractivity contribution in [1.29, 1.82) is 0 Å². The van der Waals surface area contributed by atoms with E-state index in [-0.39, 0.29) is 0 Å². The summed E-state index contributed by atoms with van der Waals surface area (Å²) in [5, 5.41) is 4.28. The van der Waals surface area contributed by atoms with Gasteiger partial charge in [-0.1, -0.05) is 59.5 Å². The lowest BCUT2D eigenvalue weighted by Gasteiger charge is -2.16. The maximum Gasteiger partial charge on any atom is 0.275 e. The van der Waals surface area contributed by atoms with Crippen molar-refractivity contribution in [1.82, 2.24) is 0 Å². The van der Waals surface area contributed by atoms with Gasteiger partial charge in [0, 0.05) is 9.75 Å². The van der Waals surface area contributed by atoms with Gasteiger partial charge in [-0.3, -0.25) is 0 Å². The van der Waals surface area contributed by atoms with Gasteiger partial charge < -0.3 is 0 Å². The fourth-order valence-electron chi connectivity index (χ4n) is 3.71. The molecule has 0 spiro atoms. The summed E-state index contributed by atoms with van der Waals surface area (Å²) < 4.78 is 0. The van der Waals surface area contributed by atoms with Gasteiger partial charge >= 0.3 is 0 Å². The Hall–Kier alpha value is -2.01. The molecular weight excluding hydrogens is 383 g/mol. The van der Waals surface area contributed by atoms with E-state index in [9.17, 15) is 0 Å². The molecule has 4 aromatic rings. The lowest BCUT2D eigenvalue weighted by molar-refractivity contribution is 1.70. The maximum absolute atomic E-state index is 2.34. The number of rotatable bonds is 3. The summed E-state index contributed by atoms with van der Waals surface area (Å²) >= 11 is 5.51. The van der Waals surface area contributed by atoms with Crippen molar-refractivity contribution in [3.63, 3.8) is 0 Å². The van der Waals surface area contributed by atoms with Crippen LogP contribution < -0.4 is 10.9 Å². The van der Waals surface area contributed by atoms with Crippen molar-refractivity contribution >= 4 is 63.4 Å². The topological polar surface area (TPSA) is 0 Å². The Bertz CT molecular complexity index is 1020. The highest BCUT2D eigenvalue weighted by Crippen LogP contribution is 2.29. The van der Waals surface area contributed by atoms with Crippen molar-refractivity contribution in [2.45, 2.75) is 0 Å². The maximum atomic E-state index is 2.34. The number of fused-ring (bicyclic) bond motifs is 2. The van der Waals surface area contributed by atoms with Gasteiger partial charge in [0.25, 0.3) is 5.99 Å². The molecule has 0 radical (unpaired) electrons. The van der Waals surface area contributed by atoms with Crippen LogP contribution in [-0.2, 0) is 0 Å². The van der Waals surface area contributed by atoms with E-state index in [1.807, 2.05) is 11.6 Å². The van der Waals surface area contributed by atoms with E-state index in [4.69, 9.17) is 0 Å². The van der Waals surface area contributed by atoms with Crippen molar-refractivity contribution in [3.8, 4) is 20.9 Å². The molecule has 5 rings (SSSR count). The van der Waals surface area contributed by atoms with Gasteiger partial charge in [-0.15, -0.1) is 22.7 Å². The molecule has 2 aromatic carbocycles. The molecule has 1 aliphatic rings. The minimum Gasteiger partial charge on any atom is -0.200 e. The Morgan fingerprint density at radius 1 is 0.704 bits per heavy atom. The smallest absolute Gasteiger partial charge is 0.200 e. The quantitative estimate of drug-likeness (QED) is 0.375. The Labute approximate surface area is 172 Å². The highest BCUT2D eigenvalue weighted by Gasteiger charge is 2.25. The molecule has 4 heteroatoms. The van der Waals surface area contributed by atoms with Gasteiger partial charge in [0.05, 0.1) is 0 Å². The van der Waals surface area contributed by atoms with Gasteiger partial charge in [-0.25, -0.2) is 11.6 Å². The summed E-state index contributed by atoms with van der Waals surface area (Å²) in [6.07, 6.45) is 6.79. The normalized spacial score (nSPS) is 12.6. The SMILES string of the molecule is CSB1c2ccc(-c3cccs3)cc2C=Cc2cc(-c3cccs3)ccc21. The largest absolute Gasteiger partial charge is 0.275 e. The second-order valence-electron chi connectivity index (χ2n) is 6.59. The standard InChI is InChI=1S/C23H17BS3/c1-25-24-20-10-8-18(22-4-2-12-26-22)14-16(20)6-7-17-15-19(9-11-21(17)24)23-5-3-13-27-23/h2-15H,1H3. The Kier molecular flexibility index (Phi) is 4.56. The van der Waals surface area contributed by atoms with Crippen LogP contribution in [0.5, 0.6) is 0 Å². The van der Waals surface area contributed by atoms with Crippen LogP contribution in [0.2, 0.25) is 0 Å². The summed E-state index contributed by atoms with van der Waals surface area (Å²) in [5.74, 6) is 0.361. The molecular formula is C23H17BS3. The van der Waals surface area contributed by atoms with Crippen LogP contribution in [0.3, 0.4) is 0 Å². The predicted octanol–water partition coefficient (Wildman–Crippen LogP) is 6.10. The van der Waals surface area contributed by atoms with Crippen LogP contribution >= 0.6 is 34.3 Å². The molecule has 130 valence electrons. The van der Waals surface area contributed by atoms with Gasteiger partial charge in [0.15, 0.2) is 0 Å². The van der Waals surface area contributed by atoms with E-state index in [0.29, 0.717) is 5.99 Å². The van der Waals surface area contributed by atoms with Crippen LogP contribution in [0.15, 0.2) is 71.4 Å². The molecule has 2 aromatic heterocycles. The average Bonchev–Trinajstić information content (AvgIpc) is 3.40. The van der Waals surface area contributed by atoms with E-state index < -0.39 is 0 Å². The minimum absolute atomic E-state index is 0.361. The summed E-state index contributed by atoms with van der Waals surface area (Å²) in [6.45, 7) is 0. The van der Waals surface area contributed by atoms with E-state index in [1.54, 1.807) is 22.7 Å². The van der Waals surface area contributed by atoms with E-state index in [1.165, 1.54) is 42.9 Å². The third-order valence-corrected chi connectivity index (χ3v) is 7.85. The van der Waals surface area contributed by atoms with E-state index in [2.05, 4.69) is 89.8 Å². The zero-order chi connectivity index (χ0) is 18.2. The molecule has 0 unspecified atom stereocenters. The second kappa shape index (κ2) is 7.19. The fraction of sp³-hybridized carbons (Fsp3) is 0.0435. The molecule has 0 saturated heterocycles.